The number of likely N-dealkylation sites (N-methyl/N-ethyl adjacent to an activating group) is 1. The van der Waals surface area contributed by atoms with Crippen molar-refractivity contribution in [2.24, 2.45) is 5.73 Å². The molecule has 0 aliphatic heterocycles. The molecule has 0 spiro atoms. The monoisotopic (exact) mass is 276 g/mol. The van der Waals surface area contributed by atoms with Crippen LogP contribution in [0.5, 0.6) is 0 Å². The molecule has 114 valence electrons. The number of rotatable bonds is 8. The average molecular weight is 276 g/mol. The Morgan fingerprint density at radius 2 is 1.45 bits per heavy atom. The van der Waals surface area contributed by atoms with Crippen molar-refractivity contribution in [1.82, 2.24) is 4.90 Å². The van der Waals surface area contributed by atoms with Crippen molar-refractivity contribution in [2.75, 3.05) is 13.1 Å². The number of nitrogens with zero attached hydrogens (tertiary/aromatic N) is 1. The third-order valence-corrected chi connectivity index (χ3v) is 4.94. The average Bonchev–Trinajstić information content (AvgIpc) is 2.52. The molecule has 0 aliphatic rings. The first-order chi connectivity index (χ1) is 9.59. The minimum Gasteiger partial charge on any atom is -0.322 e. The van der Waals surface area contributed by atoms with E-state index in [0.717, 1.165) is 32.4 Å². The van der Waals surface area contributed by atoms with Crippen LogP contribution in [0.1, 0.15) is 64.6 Å². The summed E-state index contributed by atoms with van der Waals surface area (Å²) in [5.74, 6) is 0. The Kier molecular flexibility index (Phi) is 6.70. The van der Waals surface area contributed by atoms with E-state index in [2.05, 4.69) is 63.8 Å². The predicted molar refractivity (Wildman–Crippen MR) is 89.0 cm³/mol. The summed E-state index contributed by atoms with van der Waals surface area (Å²) in [6, 6.07) is 8.93. The lowest BCUT2D eigenvalue weighted by Crippen LogP contribution is -2.54. The Morgan fingerprint density at radius 3 is 1.80 bits per heavy atom. The van der Waals surface area contributed by atoms with E-state index in [1.165, 1.54) is 11.1 Å². The standard InChI is InChI=1S/C18H32N2/c1-6-15-11-13-16(14-12-15)17(19)18(7-2,8-3)20(9-4)10-5/h11-14,17H,6-10,19H2,1-5H3. The summed E-state index contributed by atoms with van der Waals surface area (Å²) in [7, 11) is 0. The molecule has 0 bridgehead atoms. The van der Waals surface area contributed by atoms with Gasteiger partial charge in [-0.3, -0.25) is 4.90 Å². The minimum atomic E-state index is 0.0667. The van der Waals surface area contributed by atoms with Gasteiger partial charge in [0, 0.05) is 11.6 Å². The molecule has 0 aromatic heterocycles. The fraction of sp³-hybridized carbons (Fsp3) is 0.667. The zero-order chi connectivity index (χ0) is 15.2. The third-order valence-electron chi connectivity index (χ3n) is 4.94. The SMILES string of the molecule is CCc1ccc(C(N)C(CC)(CC)N(CC)CC)cc1. The second kappa shape index (κ2) is 7.80. The van der Waals surface area contributed by atoms with Crippen LogP contribution in [0.3, 0.4) is 0 Å². The number of benzene rings is 1. The first-order valence-corrected chi connectivity index (χ1v) is 8.18. The highest BCUT2D eigenvalue weighted by Crippen LogP contribution is 2.35. The predicted octanol–water partition coefficient (Wildman–Crippen LogP) is 4.15. The van der Waals surface area contributed by atoms with Gasteiger partial charge >= 0.3 is 0 Å². The molecule has 2 nitrogen and oxygen atoms in total. The molecule has 1 unspecified atom stereocenters. The molecule has 1 rings (SSSR count). The molecule has 0 aliphatic carbocycles. The lowest BCUT2D eigenvalue weighted by Gasteiger charge is -2.46. The van der Waals surface area contributed by atoms with Gasteiger partial charge in [-0.2, -0.15) is 0 Å². The smallest absolute Gasteiger partial charge is 0.0481 e. The zero-order valence-electron chi connectivity index (χ0n) is 13.9. The van der Waals surface area contributed by atoms with E-state index >= 15 is 0 Å². The normalized spacial score (nSPS) is 13.8. The first kappa shape index (κ1) is 17.2. The highest BCUT2D eigenvalue weighted by Gasteiger charge is 2.38. The van der Waals surface area contributed by atoms with Crippen LogP contribution in [0.25, 0.3) is 0 Å². The van der Waals surface area contributed by atoms with Crippen molar-refractivity contribution in [3.05, 3.63) is 35.4 Å². The van der Waals surface area contributed by atoms with Crippen LogP contribution in [0.4, 0.5) is 0 Å². The second-order valence-electron chi connectivity index (χ2n) is 5.56. The molecule has 2 heteroatoms. The van der Waals surface area contributed by atoms with Crippen LogP contribution in [0, 0.1) is 0 Å². The second-order valence-corrected chi connectivity index (χ2v) is 5.56. The van der Waals surface area contributed by atoms with Gasteiger partial charge in [-0.05, 0) is 43.5 Å². The summed E-state index contributed by atoms with van der Waals surface area (Å²) in [5, 5.41) is 0. The van der Waals surface area contributed by atoms with Crippen molar-refractivity contribution < 1.29 is 0 Å². The van der Waals surface area contributed by atoms with Crippen molar-refractivity contribution in [3.63, 3.8) is 0 Å². The molecule has 20 heavy (non-hydrogen) atoms. The first-order valence-electron chi connectivity index (χ1n) is 8.18. The van der Waals surface area contributed by atoms with Crippen LogP contribution in [-0.2, 0) is 6.42 Å². The Bertz CT molecular complexity index is 375. The van der Waals surface area contributed by atoms with Crippen molar-refractivity contribution in [1.29, 1.82) is 0 Å². The van der Waals surface area contributed by atoms with Crippen molar-refractivity contribution in [3.8, 4) is 0 Å². The van der Waals surface area contributed by atoms with Gasteiger partial charge < -0.3 is 5.73 Å². The molecular weight excluding hydrogens is 244 g/mol. The van der Waals surface area contributed by atoms with Crippen LogP contribution in [0.2, 0.25) is 0 Å². The van der Waals surface area contributed by atoms with E-state index in [1.807, 2.05) is 0 Å². The fourth-order valence-corrected chi connectivity index (χ4v) is 3.46. The maximum atomic E-state index is 6.70. The largest absolute Gasteiger partial charge is 0.322 e. The number of aryl methyl sites for hydroxylation is 1. The van der Waals surface area contributed by atoms with Gasteiger partial charge in [-0.1, -0.05) is 58.9 Å². The number of hydrogen-bond donors (Lipinski definition) is 1. The van der Waals surface area contributed by atoms with E-state index in [0.29, 0.717) is 0 Å². The summed E-state index contributed by atoms with van der Waals surface area (Å²) >= 11 is 0. The van der Waals surface area contributed by atoms with Crippen LogP contribution in [-0.4, -0.2) is 23.5 Å². The molecular formula is C18H32N2. The van der Waals surface area contributed by atoms with E-state index < -0.39 is 0 Å². The van der Waals surface area contributed by atoms with Gasteiger partial charge in [0.25, 0.3) is 0 Å². The Labute approximate surface area is 125 Å². The summed E-state index contributed by atoms with van der Waals surface area (Å²) in [5.41, 5.74) is 9.40. The van der Waals surface area contributed by atoms with Gasteiger partial charge in [-0.15, -0.1) is 0 Å². The Morgan fingerprint density at radius 1 is 0.950 bits per heavy atom. The summed E-state index contributed by atoms with van der Waals surface area (Å²) in [6.45, 7) is 13.3. The lowest BCUT2D eigenvalue weighted by atomic mass is 9.79. The number of hydrogen-bond acceptors (Lipinski definition) is 2. The molecule has 1 aromatic carbocycles. The van der Waals surface area contributed by atoms with Gasteiger partial charge in [0.2, 0.25) is 0 Å². The van der Waals surface area contributed by atoms with E-state index in [4.69, 9.17) is 5.73 Å². The maximum Gasteiger partial charge on any atom is 0.0481 e. The molecule has 0 heterocycles. The highest BCUT2D eigenvalue weighted by atomic mass is 15.2. The van der Waals surface area contributed by atoms with Crippen LogP contribution < -0.4 is 5.73 Å². The highest BCUT2D eigenvalue weighted by molar-refractivity contribution is 5.27. The Balaban J connectivity index is 3.12. The van der Waals surface area contributed by atoms with Crippen molar-refractivity contribution >= 4 is 0 Å². The van der Waals surface area contributed by atoms with Crippen LogP contribution >= 0.6 is 0 Å². The van der Waals surface area contributed by atoms with Gasteiger partial charge in [0.1, 0.15) is 0 Å². The van der Waals surface area contributed by atoms with Crippen molar-refractivity contribution in [2.45, 2.75) is 65.5 Å². The molecule has 0 radical (unpaired) electrons. The van der Waals surface area contributed by atoms with E-state index in [1.54, 1.807) is 0 Å². The topological polar surface area (TPSA) is 29.3 Å². The quantitative estimate of drug-likeness (QED) is 0.773. The minimum absolute atomic E-state index is 0.0667. The van der Waals surface area contributed by atoms with Crippen LogP contribution in [0.15, 0.2) is 24.3 Å². The summed E-state index contributed by atoms with van der Waals surface area (Å²) in [4.78, 5) is 2.53. The molecule has 1 aromatic rings. The molecule has 1 atom stereocenters. The van der Waals surface area contributed by atoms with E-state index in [9.17, 15) is 0 Å². The molecule has 0 amide bonds. The van der Waals surface area contributed by atoms with Gasteiger partial charge in [-0.25, -0.2) is 0 Å². The summed E-state index contributed by atoms with van der Waals surface area (Å²) in [6.07, 6.45) is 3.25. The zero-order valence-corrected chi connectivity index (χ0v) is 13.9. The van der Waals surface area contributed by atoms with Gasteiger partial charge in [0.05, 0.1) is 0 Å². The van der Waals surface area contributed by atoms with Gasteiger partial charge in [0.15, 0.2) is 0 Å². The lowest BCUT2D eigenvalue weighted by molar-refractivity contribution is 0.0625. The number of nitrogens with two attached hydrogens (primary N) is 1. The van der Waals surface area contributed by atoms with E-state index in [-0.39, 0.29) is 11.6 Å². The molecule has 0 saturated carbocycles. The third kappa shape index (κ3) is 3.24. The summed E-state index contributed by atoms with van der Waals surface area (Å²) < 4.78 is 0. The maximum absolute atomic E-state index is 6.70. The molecule has 0 saturated heterocycles. The molecule has 2 N–H and O–H groups in total. The molecule has 0 fully saturated rings. The Hall–Kier alpha value is -0.860. The fourth-order valence-electron chi connectivity index (χ4n) is 3.46.